The fraction of sp³-hybridized carbons (Fsp3) is 0.467. The van der Waals surface area contributed by atoms with Crippen LogP contribution in [0.15, 0.2) is 24.3 Å². The van der Waals surface area contributed by atoms with Gasteiger partial charge in [0.1, 0.15) is 0 Å². The number of benzene rings is 1. The van der Waals surface area contributed by atoms with Crippen molar-refractivity contribution in [3.63, 3.8) is 0 Å². The number of fused-ring (bicyclic) bond motifs is 1. The van der Waals surface area contributed by atoms with Crippen molar-refractivity contribution < 1.29 is 14.7 Å². The molecule has 3 amide bonds. The van der Waals surface area contributed by atoms with E-state index in [0.29, 0.717) is 23.7 Å². The Labute approximate surface area is 122 Å². The Morgan fingerprint density at radius 1 is 1.19 bits per heavy atom. The number of hydrogen-bond acceptors (Lipinski definition) is 3. The Hall–Kier alpha value is -2.08. The van der Waals surface area contributed by atoms with Crippen molar-refractivity contribution in [2.24, 2.45) is 17.6 Å². The van der Waals surface area contributed by atoms with Crippen LogP contribution in [0.2, 0.25) is 0 Å². The summed E-state index contributed by atoms with van der Waals surface area (Å²) in [4.78, 5) is 25.0. The Balaban J connectivity index is 1.67. The van der Waals surface area contributed by atoms with Gasteiger partial charge in [-0.25, -0.2) is 4.79 Å². The first-order valence-corrected chi connectivity index (χ1v) is 7.18. The fourth-order valence-corrected chi connectivity index (χ4v) is 3.42. The zero-order valence-electron chi connectivity index (χ0n) is 11.7. The summed E-state index contributed by atoms with van der Waals surface area (Å²) < 4.78 is 0. The second-order valence-electron chi connectivity index (χ2n) is 5.85. The second kappa shape index (κ2) is 5.37. The van der Waals surface area contributed by atoms with Crippen molar-refractivity contribution in [3.8, 4) is 0 Å². The number of likely N-dealkylation sites (tertiary alicyclic amines) is 1. The largest absolute Gasteiger partial charge is 0.393 e. The lowest BCUT2D eigenvalue weighted by atomic mass is 10.00. The smallest absolute Gasteiger partial charge is 0.316 e. The van der Waals surface area contributed by atoms with Gasteiger partial charge in [-0.15, -0.1) is 0 Å². The van der Waals surface area contributed by atoms with Gasteiger partial charge in [0.2, 0.25) is 0 Å². The van der Waals surface area contributed by atoms with Gasteiger partial charge in [0, 0.05) is 30.3 Å². The molecule has 1 saturated carbocycles. The fourth-order valence-electron chi connectivity index (χ4n) is 3.42. The van der Waals surface area contributed by atoms with E-state index in [1.807, 2.05) is 4.90 Å². The number of carbonyl (C=O) groups is 2. The summed E-state index contributed by atoms with van der Waals surface area (Å²) in [6, 6.07) is 6.04. The molecule has 1 heterocycles. The molecule has 6 heteroatoms. The van der Waals surface area contributed by atoms with Crippen LogP contribution in [0, 0.1) is 11.8 Å². The number of nitrogens with one attached hydrogen (secondary N) is 1. The molecule has 112 valence electrons. The maximum Gasteiger partial charge on any atom is 0.316 e. The van der Waals surface area contributed by atoms with Gasteiger partial charge in [-0.1, -0.05) is 0 Å². The first-order chi connectivity index (χ1) is 10.0. The Bertz CT molecular complexity index is 558. The number of carbonyl (C=O) groups excluding carboxylic acids is 2. The van der Waals surface area contributed by atoms with Gasteiger partial charge >= 0.3 is 6.03 Å². The number of rotatable bonds is 2. The summed E-state index contributed by atoms with van der Waals surface area (Å²) in [7, 11) is 0. The van der Waals surface area contributed by atoms with Crippen LogP contribution in [0.5, 0.6) is 0 Å². The summed E-state index contributed by atoms with van der Waals surface area (Å²) in [6.45, 7) is 1.35. The zero-order valence-corrected chi connectivity index (χ0v) is 11.7. The lowest BCUT2D eigenvalue weighted by Gasteiger charge is -2.18. The summed E-state index contributed by atoms with van der Waals surface area (Å²) in [5, 5.41) is 12.4. The number of amides is 3. The maximum absolute atomic E-state index is 12.5. The molecule has 21 heavy (non-hydrogen) atoms. The van der Waals surface area contributed by atoms with E-state index < -0.39 is 6.03 Å². The Morgan fingerprint density at radius 3 is 2.52 bits per heavy atom. The summed E-state index contributed by atoms with van der Waals surface area (Å²) in [5.41, 5.74) is 6.18. The van der Waals surface area contributed by atoms with Crippen molar-refractivity contribution >= 4 is 17.6 Å². The number of hydrogen-bond donors (Lipinski definition) is 3. The number of nitrogens with zero attached hydrogens (tertiary/aromatic N) is 1. The molecule has 1 aliphatic heterocycles. The molecule has 2 fully saturated rings. The topological polar surface area (TPSA) is 95.7 Å². The molecule has 0 spiro atoms. The van der Waals surface area contributed by atoms with Gasteiger partial charge < -0.3 is 21.1 Å². The van der Waals surface area contributed by atoms with E-state index in [0.717, 1.165) is 19.4 Å². The number of anilines is 1. The monoisotopic (exact) mass is 289 g/mol. The number of urea groups is 1. The summed E-state index contributed by atoms with van der Waals surface area (Å²) in [5.74, 6) is 0.631. The van der Waals surface area contributed by atoms with Crippen LogP contribution in [-0.4, -0.2) is 41.1 Å². The lowest BCUT2D eigenvalue weighted by Crippen LogP contribution is -2.31. The molecular formula is C15H19N3O3. The van der Waals surface area contributed by atoms with Crippen LogP contribution in [0.4, 0.5) is 10.5 Å². The molecule has 2 aliphatic rings. The van der Waals surface area contributed by atoms with Crippen LogP contribution in [-0.2, 0) is 0 Å². The van der Waals surface area contributed by atoms with Crippen molar-refractivity contribution in [1.29, 1.82) is 0 Å². The Kier molecular flexibility index (Phi) is 3.55. The molecular weight excluding hydrogens is 270 g/mol. The van der Waals surface area contributed by atoms with E-state index in [4.69, 9.17) is 5.73 Å². The first-order valence-electron chi connectivity index (χ1n) is 7.18. The zero-order chi connectivity index (χ0) is 15.0. The van der Waals surface area contributed by atoms with Crippen LogP contribution >= 0.6 is 0 Å². The SMILES string of the molecule is NC(=O)Nc1ccc(C(=O)N2CC3CCC(O)C3C2)cc1. The molecule has 3 rings (SSSR count). The van der Waals surface area contributed by atoms with Gasteiger partial charge in [0.15, 0.2) is 0 Å². The average Bonchev–Trinajstić information content (AvgIpc) is 3.01. The van der Waals surface area contributed by atoms with Gasteiger partial charge in [0.05, 0.1) is 6.10 Å². The van der Waals surface area contributed by atoms with Gasteiger partial charge in [-0.3, -0.25) is 4.79 Å². The van der Waals surface area contributed by atoms with Crippen molar-refractivity contribution in [2.75, 3.05) is 18.4 Å². The number of aliphatic hydroxyl groups is 1. The highest BCUT2D eigenvalue weighted by molar-refractivity contribution is 5.95. The lowest BCUT2D eigenvalue weighted by molar-refractivity contribution is 0.0752. The Morgan fingerprint density at radius 2 is 1.90 bits per heavy atom. The minimum absolute atomic E-state index is 0.0257. The third-order valence-corrected chi connectivity index (χ3v) is 4.51. The highest BCUT2D eigenvalue weighted by atomic mass is 16.3. The number of aliphatic hydroxyl groups excluding tert-OH is 1. The number of primary amides is 1. The third-order valence-electron chi connectivity index (χ3n) is 4.51. The van der Waals surface area contributed by atoms with Crippen LogP contribution in [0.3, 0.4) is 0 Å². The minimum Gasteiger partial charge on any atom is -0.393 e. The van der Waals surface area contributed by atoms with E-state index in [-0.39, 0.29) is 17.9 Å². The van der Waals surface area contributed by atoms with E-state index in [1.165, 1.54) is 0 Å². The highest BCUT2D eigenvalue weighted by Crippen LogP contribution is 2.38. The normalized spacial score (nSPS) is 27.5. The highest BCUT2D eigenvalue weighted by Gasteiger charge is 2.43. The van der Waals surface area contributed by atoms with Gasteiger partial charge in [-0.2, -0.15) is 0 Å². The summed E-state index contributed by atoms with van der Waals surface area (Å²) in [6.07, 6.45) is 1.58. The van der Waals surface area contributed by atoms with Crippen LogP contribution in [0.25, 0.3) is 0 Å². The van der Waals surface area contributed by atoms with Crippen molar-refractivity contribution in [3.05, 3.63) is 29.8 Å². The minimum atomic E-state index is -0.629. The van der Waals surface area contributed by atoms with Gasteiger partial charge in [0.25, 0.3) is 5.91 Å². The molecule has 0 aromatic heterocycles. The molecule has 0 bridgehead atoms. The number of nitrogens with two attached hydrogens (primary N) is 1. The van der Waals surface area contributed by atoms with Crippen LogP contribution < -0.4 is 11.1 Å². The molecule has 1 aromatic rings. The third kappa shape index (κ3) is 2.71. The van der Waals surface area contributed by atoms with Crippen molar-refractivity contribution in [1.82, 2.24) is 4.90 Å². The molecule has 3 atom stereocenters. The molecule has 3 unspecified atom stereocenters. The second-order valence-corrected chi connectivity index (χ2v) is 5.85. The average molecular weight is 289 g/mol. The molecule has 1 aromatic carbocycles. The molecule has 1 aliphatic carbocycles. The van der Waals surface area contributed by atoms with E-state index in [1.54, 1.807) is 24.3 Å². The van der Waals surface area contributed by atoms with E-state index in [2.05, 4.69) is 5.32 Å². The predicted molar refractivity (Wildman–Crippen MR) is 77.8 cm³/mol. The summed E-state index contributed by atoms with van der Waals surface area (Å²) >= 11 is 0. The standard InChI is InChI=1S/C15H19N3O3/c16-15(21)17-11-4-1-9(2-5-11)14(20)18-7-10-3-6-13(19)12(10)8-18/h1-2,4-5,10,12-13,19H,3,6-8H2,(H3,16,17,21). The molecule has 4 N–H and O–H groups in total. The predicted octanol–water partition coefficient (Wildman–Crippen LogP) is 1.02. The quantitative estimate of drug-likeness (QED) is 0.758. The first kappa shape index (κ1) is 13.9. The van der Waals surface area contributed by atoms with E-state index in [9.17, 15) is 14.7 Å². The molecule has 0 radical (unpaired) electrons. The van der Waals surface area contributed by atoms with Crippen LogP contribution in [0.1, 0.15) is 23.2 Å². The molecule has 6 nitrogen and oxygen atoms in total. The van der Waals surface area contributed by atoms with Gasteiger partial charge in [-0.05, 0) is 43.0 Å². The maximum atomic E-state index is 12.5. The van der Waals surface area contributed by atoms with E-state index >= 15 is 0 Å². The van der Waals surface area contributed by atoms with Crippen molar-refractivity contribution in [2.45, 2.75) is 18.9 Å². The molecule has 1 saturated heterocycles.